The largest absolute Gasteiger partial charge is 0.359 e. The van der Waals surface area contributed by atoms with Gasteiger partial charge in [-0.1, -0.05) is 30.3 Å². The van der Waals surface area contributed by atoms with Crippen LogP contribution in [0.2, 0.25) is 0 Å². The molecular weight excluding hydrogens is 394 g/mol. The van der Waals surface area contributed by atoms with Crippen molar-refractivity contribution in [1.29, 1.82) is 0 Å². The second-order valence-corrected chi connectivity index (χ2v) is 7.85. The minimum absolute atomic E-state index is 0.00568. The number of aromatic nitrogens is 3. The summed E-state index contributed by atoms with van der Waals surface area (Å²) < 4.78 is 5.53. The highest BCUT2D eigenvalue weighted by molar-refractivity contribution is 5.77. The SMILES string of the molecule is CCc1ccccc1Nc1noc2c1CN(C(=O)CCc1c(C)nc(C)[nH]c1=O)CC2. The summed E-state index contributed by atoms with van der Waals surface area (Å²) in [4.78, 5) is 33.9. The Balaban J connectivity index is 1.46. The predicted molar refractivity (Wildman–Crippen MR) is 117 cm³/mol. The van der Waals surface area contributed by atoms with Gasteiger partial charge in [0.1, 0.15) is 11.6 Å². The number of nitrogens with zero attached hydrogens (tertiary/aromatic N) is 3. The van der Waals surface area contributed by atoms with Crippen molar-refractivity contribution in [1.82, 2.24) is 20.0 Å². The Kier molecular flexibility index (Phi) is 5.88. The first kappa shape index (κ1) is 20.8. The van der Waals surface area contributed by atoms with E-state index in [0.717, 1.165) is 23.4 Å². The third-order valence-electron chi connectivity index (χ3n) is 5.76. The lowest BCUT2D eigenvalue weighted by molar-refractivity contribution is -0.132. The van der Waals surface area contributed by atoms with Gasteiger partial charge in [0.15, 0.2) is 5.82 Å². The van der Waals surface area contributed by atoms with Gasteiger partial charge in [-0.25, -0.2) is 4.98 Å². The molecule has 4 rings (SSSR count). The lowest BCUT2D eigenvalue weighted by Gasteiger charge is -2.26. The molecule has 3 aromatic rings. The minimum Gasteiger partial charge on any atom is -0.359 e. The molecule has 0 fully saturated rings. The van der Waals surface area contributed by atoms with E-state index in [1.165, 1.54) is 5.56 Å². The van der Waals surface area contributed by atoms with Crippen molar-refractivity contribution in [2.75, 3.05) is 11.9 Å². The van der Waals surface area contributed by atoms with Crippen molar-refractivity contribution in [3.8, 4) is 0 Å². The van der Waals surface area contributed by atoms with Crippen molar-refractivity contribution in [3.05, 3.63) is 68.6 Å². The van der Waals surface area contributed by atoms with Gasteiger partial charge in [-0.2, -0.15) is 0 Å². The number of para-hydroxylation sites is 1. The van der Waals surface area contributed by atoms with Gasteiger partial charge in [-0.05, 0) is 38.3 Å². The quantitative estimate of drug-likeness (QED) is 0.633. The molecule has 1 aromatic carbocycles. The summed E-state index contributed by atoms with van der Waals surface area (Å²) in [6, 6.07) is 8.09. The molecule has 0 saturated carbocycles. The number of benzene rings is 1. The maximum atomic E-state index is 12.9. The average Bonchev–Trinajstić information content (AvgIpc) is 3.15. The first-order valence-electron chi connectivity index (χ1n) is 10.6. The number of rotatable bonds is 6. The molecule has 1 aliphatic heterocycles. The normalized spacial score (nSPS) is 13.2. The Morgan fingerprint density at radius 1 is 1.29 bits per heavy atom. The van der Waals surface area contributed by atoms with Crippen LogP contribution in [0.25, 0.3) is 0 Å². The molecule has 2 N–H and O–H groups in total. The van der Waals surface area contributed by atoms with Crippen LogP contribution < -0.4 is 10.9 Å². The fraction of sp³-hybridized carbons (Fsp3) is 0.391. The maximum absolute atomic E-state index is 12.9. The molecule has 0 unspecified atom stereocenters. The number of hydrogen-bond acceptors (Lipinski definition) is 6. The molecule has 162 valence electrons. The molecule has 2 aromatic heterocycles. The van der Waals surface area contributed by atoms with Gasteiger partial charge in [-0.3, -0.25) is 9.59 Å². The lowest BCUT2D eigenvalue weighted by Crippen LogP contribution is -2.36. The third kappa shape index (κ3) is 4.38. The summed E-state index contributed by atoms with van der Waals surface area (Å²) in [6.07, 6.45) is 2.16. The van der Waals surface area contributed by atoms with Crippen LogP contribution in [0, 0.1) is 13.8 Å². The fourth-order valence-electron chi connectivity index (χ4n) is 4.03. The zero-order valence-corrected chi connectivity index (χ0v) is 18.1. The Labute approximate surface area is 180 Å². The van der Waals surface area contributed by atoms with Crippen LogP contribution >= 0.6 is 0 Å². The van der Waals surface area contributed by atoms with Crippen molar-refractivity contribution < 1.29 is 9.32 Å². The molecule has 1 aliphatic rings. The zero-order valence-electron chi connectivity index (χ0n) is 18.1. The van der Waals surface area contributed by atoms with Crippen molar-refractivity contribution in [2.24, 2.45) is 0 Å². The topological polar surface area (TPSA) is 104 Å². The maximum Gasteiger partial charge on any atom is 0.254 e. The number of carbonyl (C=O) groups is 1. The summed E-state index contributed by atoms with van der Waals surface area (Å²) in [7, 11) is 0. The van der Waals surface area contributed by atoms with Crippen molar-refractivity contribution in [3.63, 3.8) is 0 Å². The minimum atomic E-state index is -0.168. The summed E-state index contributed by atoms with van der Waals surface area (Å²) in [6.45, 7) is 6.68. The van der Waals surface area contributed by atoms with Crippen molar-refractivity contribution >= 4 is 17.4 Å². The lowest BCUT2D eigenvalue weighted by atomic mass is 10.1. The number of aromatic amines is 1. The van der Waals surface area contributed by atoms with E-state index >= 15 is 0 Å². The number of aryl methyl sites for hydroxylation is 3. The second kappa shape index (κ2) is 8.75. The number of fused-ring (bicyclic) bond motifs is 1. The van der Waals surface area contributed by atoms with Crippen LogP contribution in [0.4, 0.5) is 11.5 Å². The van der Waals surface area contributed by atoms with E-state index in [1.807, 2.05) is 23.1 Å². The van der Waals surface area contributed by atoms with Gasteiger partial charge in [-0.15, -0.1) is 0 Å². The van der Waals surface area contributed by atoms with E-state index in [0.29, 0.717) is 48.8 Å². The van der Waals surface area contributed by atoms with Crippen LogP contribution in [0.3, 0.4) is 0 Å². The molecule has 8 nitrogen and oxygen atoms in total. The van der Waals surface area contributed by atoms with E-state index in [-0.39, 0.29) is 17.9 Å². The average molecular weight is 422 g/mol. The zero-order chi connectivity index (χ0) is 22.0. The molecule has 3 heterocycles. The van der Waals surface area contributed by atoms with Crippen LogP contribution in [-0.4, -0.2) is 32.5 Å². The van der Waals surface area contributed by atoms with E-state index in [1.54, 1.807) is 13.8 Å². The van der Waals surface area contributed by atoms with Crippen LogP contribution in [-0.2, 0) is 30.6 Å². The third-order valence-corrected chi connectivity index (χ3v) is 5.76. The van der Waals surface area contributed by atoms with E-state index < -0.39 is 0 Å². The van der Waals surface area contributed by atoms with Crippen LogP contribution in [0.5, 0.6) is 0 Å². The van der Waals surface area contributed by atoms with Crippen LogP contribution in [0.1, 0.15) is 47.3 Å². The van der Waals surface area contributed by atoms with Gasteiger partial charge in [0.2, 0.25) is 5.91 Å². The molecule has 0 spiro atoms. The number of hydrogen-bond donors (Lipinski definition) is 2. The van der Waals surface area contributed by atoms with Gasteiger partial charge in [0.25, 0.3) is 5.56 Å². The summed E-state index contributed by atoms with van der Waals surface area (Å²) in [5.41, 5.74) is 4.17. The van der Waals surface area contributed by atoms with Crippen LogP contribution in [0.15, 0.2) is 33.6 Å². The number of amides is 1. The molecule has 0 radical (unpaired) electrons. The molecular formula is C23H27N5O3. The van der Waals surface area contributed by atoms with Crippen molar-refractivity contribution in [2.45, 2.75) is 53.0 Å². The summed E-state index contributed by atoms with van der Waals surface area (Å²) in [5, 5.41) is 7.58. The second-order valence-electron chi connectivity index (χ2n) is 7.85. The molecule has 1 amide bonds. The Morgan fingerprint density at radius 2 is 2.10 bits per heavy atom. The van der Waals surface area contributed by atoms with Gasteiger partial charge >= 0.3 is 0 Å². The number of carbonyl (C=O) groups excluding carboxylic acids is 1. The number of nitrogens with one attached hydrogen (secondary N) is 2. The first-order valence-corrected chi connectivity index (χ1v) is 10.6. The van der Waals surface area contributed by atoms with Gasteiger partial charge in [0.05, 0.1) is 12.1 Å². The summed E-state index contributed by atoms with van der Waals surface area (Å²) >= 11 is 0. The highest BCUT2D eigenvalue weighted by atomic mass is 16.5. The first-order chi connectivity index (χ1) is 15.0. The predicted octanol–water partition coefficient (Wildman–Crippen LogP) is 3.20. The molecule has 0 bridgehead atoms. The monoisotopic (exact) mass is 421 g/mol. The molecule has 0 aliphatic carbocycles. The summed E-state index contributed by atoms with van der Waals surface area (Å²) in [5.74, 6) is 2.06. The van der Waals surface area contributed by atoms with E-state index in [2.05, 4.69) is 33.4 Å². The van der Waals surface area contributed by atoms with Gasteiger partial charge < -0.3 is 19.7 Å². The fourth-order valence-corrected chi connectivity index (χ4v) is 4.03. The highest BCUT2D eigenvalue weighted by Crippen LogP contribution is 2.30. The molecule has 0 saturated heterocycles. The standard InChI is InChI=1S/C23H27N5O3/c1-4-16-7-5-6-8-19(16)26-22-18-13-28(12-11-20(18)31-27-22)21(29)10-9-17-14(2)24-15(3)25-23(17)30/h5-8H,4,9-13H2,1-3H3,(H,26,27)(H,24,25,30). The molecule has 0 atom stereocenters. The highest BCUT2D eigenvalue weighted by Gasteiger charge is 2.27. The Bertz CT molecular complexity index is 1160. The smallest absolute Gasteiger partial charge is 0.254 e. The number of anilines is 2. The molecule has 8 heteroatoms. The van der Waals surface area contributed by atoms with E-state index in [4.69, 9.17) is 4.52 Å². The van der Waals surface area contributed by atoms with Gasteiger partial charge in [0, 0.05) is 36.3 Å². The molecule has 31 heavy (non-hydrogen) atoms. The number of H-pyrrole nitrogens is 1. The van der Waals surface area contributed by atoms with E-state index in [9.17, 15) is 9.59 Å². The Hall–Kier alpha value is -3.42. The Morgan fingerprint density at radius 3 is 2.87 bits per heavy atom.